The second-order valence-electron chi connectivity index (χ2n) is 8.21. The Balaban J connectivity index is 1.39. The van der Waals surface area contributed by atoms with Crippen molar-refractivity contribution < 1.29 is 13.9 Å². The first-order chi connectivity index (χ1) is 15.9. The maximum atomic E-state index is 12.5. The van der Waals surface area contributed by atoms with Crippen molar-refractivity contribution in [1.82, 2.24) is 10.3 Å². The highest BCUT2D eigenvalue weighted by Gasteiger charge is 2.11. The Hall–Kier alpha value is -3.71. The number of rotatable bonds is 6. The summed E-state index contributed by atoms with van der Waals surface area (Å²) in [5, 5.41) is 5.95. The number of ether oxygens (including phenoxy) is 1. The molecule has 0 aliphatic carbocycles. The van der Waals surface area contributed by atoms with Crippen molar-refractivity contribution in [2.75, 3.05) is 11.9 Å². The number of oxazole rings is 1. The normalized spacial score (nSPS) is 10.9. The van der Waals surface area contributed by atoms with Gasteiger partial charge in [-0.15, -0.1) is 0 Å². The lowest BCUT2D eigenvalue weighted by Crippen LogP contribution is -2.34. The molecular formula is C26H25N3O3S. The average Bonchev–Trinajstić information content (AvgIpc) is 3.21. The molecule has 0 fully saturated rings. The van der Waals surface area contributed by atoms with E-state index in [2.05, 4.69) is 29.5 Å². The maximum absolute atomic E-state index is 12.5. The number of fused-ring (bicyclic) bond motifs is 1. The van der Waals surface area contributed by atoms with Gasteiger partial charge >= 0.3 is 0 Å². The minimum Gasteiger partial charge on any atom is -0.493 e. The highest BCUT2D eigenvalue weighted by atomic mass is 32.1. The van der Waals surface area contributed by atoms with Crippen LogP contribution in [0.25, 0.3) is 22.6 Å². The monoisotopic (exact) mass is 459 g/mol. The minimum atomic E-state index is -0.298. The number of benzene rings is 3. The van der Waals surface area contributed by atoms with Gasteiger partial charge in [-0.1, -0.05) is 26.0 Å². The smallest absolute Gasteiger partial charge is 0.257 e. The van der Waals surface area contributed by atoms with E-state index >= 15 is 0 Å². The van der Waals surface area contributed by atoms with Crippen molar-refractivity contribution >= 4 is 40.0 Å². The molecule has 3 aromatic carbocycles. The number of hydrogen-bond donors (Lipinski definition) is 2. The predicted molar refractivity (Wildman–Crippen MR) is 135 cm³/mol. The minimum absolute atomic E-state index is 0.200. The van der Waals surface area contributed by atoms with Crippen LogP contribution in [0.4, 0.5) is 5.69 Å². The lowest BCUT2D eigenvalue weighted by molar-refractivity contribution is 0.0977. The third-order valence-corrected chi connectivity index (χ3v) is 5.04. The number of aromatic nitrogens is 1. The predicted octanol–water partition coefficient (Wildman–Crippen LogP) is 5.96. The van der Waals surface area contributed by atoms with E-state index in [4.69, 9.17) is 21.4 Å². The summed E-state index contributed by atoms with van der Waals surface area (Å²) < 4.78 is 11.6. The quantitative estimate of drug-likeness (QED) is 0.346. The zero-order valence-corrected chi connectivity index (χ0v) is 19.5. The molecule has 1 amide bonds. The van der Waals surface area contributed by atoms with Gasteiger partial charge in [0.2, 0.25) is 5.89 Å². The van der Waals surface area contributed by atoms with E-state index in [0.29, 0.717) is 29.7 Å². The van der Waals surface area contributed by atoms with Crippen molar-refractivity contribution in [3.05, 3.63) is 77.9 Å². The maximum Gasteiger partial charge on any atom is 0.257 e. The van der Waals surface area contributed by atoms with Gasteiger partial charge < -0.3 is 14.5 Å². The van der Waals surface area contributed by atoms with Gasteiger partial charge in [0.05, 0.1) is 6.61 Å². The molecule has 168 valence electrons. The fourth-order valence-electron chi connectivity index (χ4n) is 3.19. The molecule has 1 heterocycles. The third kappa shape index (κ3) is 5.75. The van der Waals surface area contributed by atoms with E-state index in [-0.39, 0.29) is 11.0 Å². The van der Waals surface area contributed by atoms with Crippen LogP contribution in [-0.4, -0.2) is 22.6 Å². The Morgan fingerprint density at radius 2 is 1.88 bits per heavy atom. The Morgan fingerprint density at radius 1 is 1.09 bits per heavy atom. The highest BCUT2D eigenvalue weighted by molar-refractivity contribution is 7.80. The largest absolute Gasteiger partial charge is 0.493 e. The van der Waals surface area contributed by atoms with Crippen molar-refractivity contribution in [3.8, 4) is 17.2 Å². The van der Waals surface area contributed by atoms with Crippen LogP contribution in [0.5, 0.6) is 5.75 Å². The fourth-order valence-corrected chi connectivity index (χ4v) is 3.40. The molecule has 0 saturated heterocycles. The van der Waals surface area contributed by atoms with Crippen LogP contribution in [0.3, 0.4) is 0 Å². The van der Waals surface area contributed by atoms with E-state index in [1.54, 1.807) is 24.3 Å². The van der Waals surface area contributed by atoms with E-state index < -0.39 is 0 Å². The molecule has 0 unspecified atom stereocenters. The van der Waals surface area contributed by atoms with Gasteiger partial charge in [-0.3, -0.25) is 10.1 Å². The van der Waals surface area contributed by atoms with E-state index in [1.807, 2.05) is 49.4 Å². The number of carbonyl (C=O) groups is 1. The Labute approximate surface area is 198 Å². The van der Waals surface area contributed by atoms with Gasteiger partial charge in [0.1, 0.15) is 11.3 Å². The summed E-state index contributed by atoms with van der Waals surface area (Å²) in [5.41, 5.74) is 4.67. The van der Waals surface area contributed by atoms with Gasteiger partial charge in [-0.2, -0.15) is 0 Å². The van der Waals surface area contributed by atoms with E-state index in [1.165, 1.54) is 0 Å². The zero-order chi connectivity index (χ0) is 23.4. The third-order valence-electron chi connectivity index (χ3n) is 4.84. The van der Waals surface area contributed by atoms with Gasteiger partial charge in [0, 0.05) is 16.8 Å². The fraction of sp³-hybridized carbons (Fsp3) is 0.192. The van der Waals surface area contributed by atoms with Crippen molar-refractivity contribution in [3.63, 3.8) is 0 Å². The standard InChI is InChI=1S/C26H25N3O3S/c1-16(2)15-31-21-10-8-18(9-11-21)24(30)29-26(33)27-20-6-4-5-19(14-20)25-28-22-12-7-17(3)13-23(22)32-25/h4-14,16H,15H2,1-3H3,(H2,27,29,30,33). The van der Waals surface area contributed by atoms with Gasteiger partial charge in [0.15, 0.2) is 10.7 Å². The van der Waals surface area contributed by atoms with Gasteiger partial charge in [0.25, 0.3) is 5.91 Å². The number of nitrogens with one attached hydrogen (secondary N) is 2. The molecule has 0 saturated carbocycles. The number of thiocarbonyl (C=S) groups is 1. The molecule has 4 rings (SSSR count). The highest BCUT2D eigenvalue weighted by Crippen LogP contribution is 2.26. The second-order valence-corrected chi connectivity index (χ2v) is 8.62. The molecule has 6 nitrogen and oxygen atoms in total. The molecule has 2 N–H and O–H groups in total. The lowest BCUT2D eigenvalue weighted by Gasteiger charge is -2.11. The lowest BCUT2D eigenvalue weighted by atomic mass is 10.2. The summed E-state index contributed by atoms with van der Waals surface area (Å²) in [6, 6.07) is 20.4. The summed E-state index contributed by atoms with van der Waals surface area (Å²) in [6.45, 7) is 6.80. The number of carbonyl (C=O) groups excluding carboxylic acids is 1. The number of hydrogen-bond acceptors (Lipinski definition) is 5. The Kier molecular flexibility index (Phi) is 6.70. The number of aryl methyl sites for hydroxylation is 1. The first-order valence-corrected chi connectivity index (χ1v) is 11.1. The van der Waals surface area contributed by atoms with Gasteiger partial charge in [-0.05, 0) is 85.2 Å². The summed E-state index contributed by atoms with van der Waals surface area (Å²) in [4.78, 5) is 17.1. The molecule has 4 aromatic rings. The molecule has 7 heteroatoms. The Morgan fingerprint density at radius 3 is 2.64 bits per heavy atom. The molecule has 1 aromatic heterocycles. The summed E-state index contributed by atoms with van der Waals surface area (Å²) in [5.74, 6) is 1.39. The molecule has 33 heavy (non-hydrogen) atoms. The van der Waals surface area contributed by atoms with Crippen LogP contribution in [0.1, 0.15) is 29.8 Å². The molecule has 0 aliphatic heterocycles. The molecule has 0 spiro atoms. The van der Waals surface area contributed by atoms with Crippen LogP contribution in [0.15, 0.2) is 71.1 Å². The van der Waals surface area contributed by atoms with Crippen molar-refractivity contribution in [2.45, 2.75) is 20.8 Å². The molecule has 0 atom stereocenters. The number of amides is 1. The molecule has 0 aliphatic rings. The van der Waals surface area contributed by atoms with Crippen molar-refractivity contribution in [1.29, 1.82) is 0 Å². The number of nitrogens with zero attached hydrogens (tertiary/aromatic N) is 1. The van der Waals surface area contributed by atoms with Crippen molar-refractivity contribution in [2.24, 2.45) is 5.92 Å². The summed E-state index contributed by atoms with van der Waals surface area (Å²) >= 11 is 5.33. The molecular weight excluding hydrogens is 434 g/mol. The summed E-state index contributed by atoms with van der Waals surface area (Å²) in [7, 11) is 0. The van der Waals surface area contributed by atoms with Crippen LogP contribution in [0.2, 0.25) is 0 Å². The SMILES string of the molecule is Cc1ccc2nc(-c3cccc(NC(=S)NC(=O)c4ccc(OCC(C)C)cc4)c3)oc2c1. The first kappa shape index (κ1) is 22.5. The first-order valence-electron chi connectivity index (χ1n) is 10.7. The topological polar surface area (TPSA) is 76.4 Å². The van der Waals surface area contributed by atoms with Crippen LogP contribution in [-0.2, 0) is 0 Å². The molecule has 0 bridgehead atoms. The number of anilines is 1. The van der Waals surface area contributed by atoms with Gasteiger partial charge in [-0.25, -0.2) is 4.98 Å². The average molecular weight is 460 g/mol. The van der Waals surface area contributed by atoms with E-state index in [0.717, 1.165) is 28.0 Å². The zero-order valence-electron chi connectivity index (χ0n) is 18.7. The van der Waals surface area contributed by atoms with Crippen LogP contribution < -0.4 is 15.4 Å². The van der Waals surface area contributed by atoms with E-state index in [9.17, 15) is 4.79 Å². The second kappa shape index (κ2) is 9.83. The summed E-state index contributed by atoms with van der Waals surface area (Å²) in [6.07, 6.45) is 0. The molecule has 0 radical (unpaired) electrons. The Bertz CT molecular complexity index is 1300. The van der Waals surface area contributed by atoms with Crippen LogP contribution in [0, 0.1) is 12.8 Å². The van der Waals surface area contributed by atoms with Crippen LogP contribution >= 0.6 is 12.2 Å².